The lowest BCUT2D eigenvalue weighted by Crippen LogP contribution is -2.36. The lowest BCUT2D eigenvalue weighted by Gasteiger charge is -2.25. The van der Waals surface area contributed by atoms with Gasteiger partial charge in [0, 0.05) is 18.2 Å². The van der Waals surface area contributed by atoms with Crippen LogP contribution in [0.3, 0.4) is 0 Å². The van der Waals surface area contributed by atoms with Crippen LogP contribution in [0.25, 0.3) is 0 Å². The summed E-state index contributed by atoms with van der Waals surface area (Å²) in [5.41, 5.74) is 0.620. The number of carbonyl (C=O) groups is 1. The molecule has 1 saturated carbocycles. The summed E-state index contributed by atoms with van der Waals surface area (Å²) >= 11 is 0. The maximum atomic E-state index is 12.8. The molecule has 3 heteroatoms. The largest absolute Gasteiger partial charge is 0.293 e. The number of fused-ring (bicyclic) bond motifs is 2. The molecule has 0 spiro atoms. The van der Waals surface area contributed by atoms with Crippen LogP contribution in [-0.2, 0) is 0 Å². The van der Waals surface area contributed by atoms with Crippen LogP contribution in [0.1, 0.15) is 29.6 Å². The van der Waals surface area contributed by atoms with E-state index in [0.29, 0.717) is 18.2 Å². The molecule has 2 fully saturated rings. The summed E-state index contributed by atoms with van der Waals surface area (Å²) in [5, 5.41) is 0. The van der Waals surface area contributed by atoms with E-state index in [1.807, 2.05) is 0 Å². The van der Waals surface area contributed by atoms with Crippen LogP contribution in [0, 0.1) is 11.7 Å². The molecular weight excluding hydrogens is 217 g/mol. The van der Waals surface area contributed by atoms with E-state index in [1.54, 1.807) is 12.1 Å². The molecular formula is C14H16FNO. The van der Waals surface area contributed by atoms with Gasteiger partial charge in [0.1, 0.15) is 5.82 Å². The number of ketones is 1. The highest BCUT2D eigenvalue weighted by atomic mass is 19.1. The number of halogens is 1. The molecule has 1 heterocycles. The molecule has 2 nitrogen and oxygen atoms in total. The van der Waals surface area contributed by atoms with Crippen molar-refractivity contribution in [3.8, 4) is 0 Å². The summed E-state index contributed by atoms with van der Waals surface area (Å²) < 4.78 is 12.8. The number of benzene rings is 1. The Labute approximate surface area is 100 Å². The van der Waals surface area contributed by atoms with Crippen molar-refractivity contribution in [1.82, 2.24) is 4.90 Å². The van der Waals surface area contributed by atoms with Gasteiger partial charge in [-0.2, -0.15) is 0 Å². The Morgan fingerprint density at radius 2 is 2.06 bits per heavy atom. The predicted molar refractivity (Wildman–Crippen MR) is 63.4 cm³/mol. The van der Waals surface area contributed by atoms with Gasteiger partial charge < -0.3 is 0 Å². The predicted octanol–water partition coefficient (Wildman–Crippen LogP) is 2.49. The Morgan fingerprint density at radius 3 is 2.65 bits per heavy atom. The van der Waals surface area contributed by atoms with Crippen LogP contribution in [0.2, 0.25) is 0 Å². The molecule has 0 N–H and O–H groups in total. The van der Waals surface area contributed by atoms with Crippen molar-refractivity contribution in [3.63, 3.8) is 0 Å². The van der Waals surface area contributed by atoms with E-state index in [1.165, 1.54) is 31.4 Å². The average molecular weight is 233 g/mol. The van der Waals surface area contributed by atoms with Crippen LogP contribution >= 0.6 is 0 Å². The van der Waals surface area contributed by atoms with Crippen molar-refractivity contribution >= 4 is 5.78 Å². The van der Waals surface area contributed by atoms with Gasteiger partial charge in [0.15, 0.2) is 5.78 Å². The van der Waals surface area contributed by atoms with Crippen LogP contribution in [0.4, 0.5) is 4.39 Å². The zero-order valence-corrected chi connectivity index (χ0v) is 9.73. The number of piperidine rings is 1. The average Bonchev–Trinajstić information content (AvgIpc) is 2.91. The molecule has 17 heavy (non-hydrogen) atoms. The van der Waals surface area contributed by atoms with Crippen molar-refractivity contribution in [2.24, 2.45) is 5.92 Å². The highest BCUT2D eigenvalue weighted by Gasteiger charge is 2.38. The number of nitrogens with zero attached hydrogens (tertiary/aromatic N) is 1. The van der Waals surface area contributed by atoms with E-state index in [-0.39, 0.29) is 11.6 Å². The first-order valence-electron chi connectivity index (χ1n) is 6.25. The minimum absolute atomic E-state index is 0.109. The molecule has 1 aliphatic heterocycles. The third-order valence-electron chi connectivity index (χ3n) is 4.04. The van der Waals surface area contributed by atoms with Crippen molar-refractivity contribution in [1.29, 1.82) is 0 Å². The SMILES string of the molecule is O=C(CN1CC2CCC1C2)c1ccc(F)cc1. The Morgan fingerprint density at radius 1 is 1.29 bits per heavy atom. The number of hydrogen-bond acceptors (Lipinski definition) is 2. The van der Waals surface area contributed by atoms with Gasteiger partial charge in [0.2, 0.25) is 0 Å². The topological polar surface area (TPSA) is 20.3 Å². The van der Waals surface area contributed by atoms with Crippen molar-refractivity contribution in [2.75, 3.05) is 13.1 Å². The first kappa shape index (κ1) is 10.9. The fourth-order valence-corrected chi connectivity index (χ4v) is 3.13. The fourth-order valence-electron chi connectivity index (χ4n) is 3.13. The number of hydrogen-bond donors (Lipinski definition) is 0. The Kier molecular flexibility index (Phi) is 2.71. The zero-order valence-electron chi connectivity index (χ0n) is 9.73. The van der Waals surface area contributed by atoms with E-state index in [0.717, 1.165) is 12.5 Å². The molecule has 1 saturated heterocycles. The van der Waals surface area contributed by atoms with Crippen LogP contribution in [-0.4, -0.2) is 29.8 Å². The molecule has 2 aliphatic rings. The van der Waals surface area contributed by atoms with Crippen molar-refractivity contribution < 1.29 is 9.18 Å². The Hall–Kier alpha value is -1.22. The van der Waals surface area contributed by atoms with Gasteiger partial charge >= 0.3 is 0 Å². The molecule has 2 atom stereocenters. The van der Waals surface area contributed by atoms with Gasteiger partial charge in [-0.05, 0) is 49.4 Å². The monoisotopic (exact) mass is 233 g/mol. The second kappa shape index (κ2) is 4.22. The summed E-state index contributed by atoms with van der Waals surface area (Å²) in [6, 6.07) is 6.47. The number of carbonyl (C=O) groups excluding carboxylic acids is 1. The van der Waals surface area contributed by atoms with Crippen molar-refractivity contribution in [3.05, 3.63) is 35.6 Å². The molecule has 1 aromatic rings. The highest BCUT2D eigenvalue weighted by Crippen LogP contribution is 2.37. The number of rotatable bonds is 3. The maximum absolute atomic E-state index is 12.8. The lowest BCUT2D eigenvalue weighted by molar-refractivity contribution is 0.0905. The quantitative estimate of drug-likeness (QED) is 0.748. The third-order valence-corrected chi connectivity index (χ3v) is 4.04. The molecule has 1 aliphatic carbocycles. The summed E-state index contributed by atoms with van der Waals surface area (Å²) in [6.45, 7) is 1.56. The summed E-state index contributed by atoms with van der Waals surface area (Å²) in [7, 11) is 0. The van der Waals surface area contributed by atoms with E-state index >= 15 is 0 Å². The van der Waals surface area contributed by atoms with Gasteiger partial charge in [-0.3, -0.25) is 9.69 Å². The second-order valence-corrected chi connectivity index (χ2v) is 5.19. The molecule has 0 aromatic heterocycles. The lowest BCUT2D eigenvalue weighted by atomic mass is 10.1. The highest BCUT2D eigenvalue weighted by molar-refractivity contribution is 5.97. The number of likely N-dealkylation sites (tertiary alicyclic amines) is 1. The molecule has 0 amide bonds. The molecule has 2 unspecified atom stereocenters. The van der Waals surface area contributed by atoms with Gasteiger partial charge in [-0.1, -0.05) is 0 Å². The first-order valence-corrected chi connectivity index (χ1v) is 6.25. The molecule has 2 bridgehead atoms. The van der Waals surface area contributed by atoms with Gasteiger partial charge in [-0.25, -0.2) is 4.39 Å². The molecule has 1 aromatic carbocycles. The molecule has 90 valence electrons. The van der Waals surface area contributed by atoms with Gasteiger partial charge in [-0.15, -0.1) is 0 Å². The molecule has 3 rings (SSSR count). The normalized spacial score (nSPS) is 27.6. The van der Waals surface area contributed by atoms with E-state index < -0.39 is 0 Å². The summed E-state index contributed by atoms with van der Waals surface area (Å²) in [4.78, 5) is 14.3. The smallest absolute Gasteiger partial charge is 0.176 e. The maximum Gasteiger partial charge on any atom is 0.176 e. The first-order chi connectivity index (χ1) is 8.22. The van der Waals surface area contributed by atoms with E-state index in [2.05, 4.69) is 4.90 Å². The second-order valence-electron chi connectivity index (χ2n) is 5.19. The molecule has 0 radical (unpaired) electrons. The Bertz CT molecular complexity index is 428. The van der Waals surface area contributed by atoms with E-state index in [9.17, 15) is 9.18 Å². The fraction of sp³-hybridized carbons (Fsp3) is 0.500. The standard InChI is InChI=1S/C14H16FNO/c15-12-4-2-11(3-5-12)14(17)9-16-8-10-1-6-13(16)7-10/h2-5,10,13H,1,6-9H2. The van der Waals surface area contributed by atoms with Gasteiger partial charge in [0.05, 0.1) is 6.54 Å². The minimum atomic E-state index is -0.290. The van der Waals surface area contributed by atoms with Crippen LogP contribution < -0.4 is 0 Å². The van der Waals surface area contributed by atoms with E-state index in [4.69, 9.17) is 0 Å². The minimum Gasteiger partial charge on any atom is -0.293 e. The van der Waals surface area contributed by atoms with Crippen LogP contribution in [0.5, 0.6) is 0 Å². The zero-order chi connectivity index (χ0) is 11.8. The summed E-state index contributed by atoms with van der Waals surface area (Å²) in [5.74, 6) is 0.625. The van der Waals surface area contributed by atoms with Crippen LogP contribution in [0.15, 0.2) is 24.3 Å². The number of Topliss-reactive ketones (excluding diaryl/α,β-unsaturated/α-hetero) is 1. The van der Waals surface area contributed by atoms with Gasteiger partial charge in [0.25, 0.3) is 0 Å². The summed E-state index contributed by atoms with van der Waals surface area (Å²) in [6.07, 6.45) is 3.82. The van der Waals surface area contributed by atoms with Crippen molar-refractivity contribution in [2.45, 2.75) is 25.3 Å². The third kappa shape index (κ3) is 2.12. The Balaban J connectivity index is 1.65.